The number of morpholine rings is 1. The molecule has 2 unspecified atom stereocenters. The standard InChI is InChI=1S/C13H28N2O2/c1-4-6-14-12(11-16-3)13-10-15(7-5-2)8-9-17-13/h12-14H,4-11H2,1-3H3. The monoisotopic (exact) mass is 244 g/mol. The fraction of sp³-hybridized carbons (Fsp3) is 1.00. The van der Waals surface area contributed by atoms with Gasteiger partial charge in [-0.3, -0.25) is 4.90 Å². The van der Waals surface area contributed by atoms with Gasteiger partial charge in [-0.05, 0) is 25.9 Å². The molecule has 4 heteroatoms. The predicted octanol–water partition coefficient (Wildman–Crippen LogP) is 1.11. The lowest BCUT2D eigenvalue weighted by atomic mass is 10.1. The van der Waals surface area contributed by atoms with E-state index in [0.717, 1.165) is 39.3 Å². The van der Waals surface area contributed by atoms with E-state index >= 15 is 0 Å². The topological polar surface area (TPSA) is 33.7 Å². The third kappa shape index (κ3) is 5.34. The largest absolute Gasteiger partial charge is 0.383 e. The molecule has 4 nitrogen and oxygen atoms in total. The van der Waals surface area contributed by atoms with Gasteiger partial charge in [0.1, 0.15) is 0 Å². The zero-order chi connectivity index (χ0) is 12.5. The average Bonchev–Trinajstić information content (AvgIpc) is 2.35. The van der Waals surface area contributed by atoms with E-state index in [1.165, 1.54) is 13.0 Å². The fourth-order valence-electron chi connectivity index (χ4n) is 2.30. The summed E-state index contributed by atoms with van der Waals surface area (Å²) < 4.78 is 11.2. The first kappa shape index (κ1) is 14.9. The van der Waals surface area contributed by atoms with Gasteiger partial charge in [-0.1, -0.05) is 13.8 Å². The Morgan fingerprint density at radius 3 is 2.88 bits per heavy atom. The second kappa shape index (κ2) is 8.86. The molecular weight excluding hydrogens is 216 g/mol. The molecule has 17 heavy (non-hydrogen) atoms. The number of nitrogens with zero attached hydrogens (tertiary/aromatic N) is 1. The SMILES string of the molecule is CCCNC(COC)C1CN(CCC)CCO1. The lowest BCUT2D eigenvalue weighted by molar-refractivity contribution is -0.0578. The van der Waals surface area contributed by atoms with Crippen LogP contribution in [0.1, 0.15) is 26.7 Å². The van der Waals surface area contributed by atoms with Crippen LogP contribution >= 0.6 is 0 Å². The van der Waals surface area contributed by atoms with Crippen LogP contribution in [0, 0.1) is 0 Å². The minimum absolute atomic E-state index is 0.266. The second-order valence-electron chi connectivity index (χ2n) is 4.73. The van der Waals surface area contributed by atoms with Gasteiger partial charge in [0.25, 0.3) is 0 Å². The highest BCUT2D eigenvalue weighted by Crippen LogP contribution is 2.10. The van der Waals surface area contributed by atoms with Crippen molar-refractivity contribution < 1.29 is 9.47 Å². The van der Waals surface area contributed by atoms with Crippen molar-refractivity contribution >= 4 is 0 Å². The first-order valence-corrected chi connectivity index (χ1v) is 6.88. The molecule has 1 heterocycles. The number of nitrogens with one attached hydrogen (secondary N) is 1. The molecule has 0 saturated carbocycles. The van der Waals surface area contributed by atoms with Crippen LogP contribution < -0.4 is 5.32 Å². The highest BCUT2D eigenvalue weighted by Gasteiger charge is 2.27. The Labute approximate surface area is 106 Å². The normalized spacial score (nSPS) is 23.8. The summed E-state index contributed by atoms with van der Waals surface area (Å²) in [5.41, 5.74) is 0. The van der Waals surface area contributed by atoms with Crippen LogP contribution in [0.5, 0.6) is 0 Å². The zero-order valence-electron chi connectivity index (χ0n) is 11.6. The Morgan fingerprint density at radius 1 is 1.41 bits per heavy atom. The third-order valence-corrected chi connectivity index (χ3v) is 3.17. The van der Waals surface area contributed by atoms with Crippen molar-refractivity contribution in [3.63, 3.8) is 0 Å². The van der Waals surface area contributed by atoms with Gasteiger partial charge in [-0.25, -0.2) is 0 Å². The molecule has 1 aliphatic heterocycles. The quantitative estimate of drug-likeness (QED) is 0.693. The van der Waals surface area contributed by atoms with Crippen LogP contribution in [-0.2, 0) is 9.47 Å². The van der Waals surface area contributed by atoms with Crippen LogP contribution in [0.4, 0.5) is 0 Å². The van der Waals surface area contributed by atoms with E-state index < -0.39 is 0 Å². The summed E-state index contributed by atoms with van der Waals surface area (Å²) >= 11 is 0. The Bertz CT molecular complexity index is 188. The van der Waals surface area contributed by atoms with Crippen LogP contribution in [0.25, 0.3) is 0 Å². The van der Waals surface area contributed by atoms with Gasteiger partial charge in [0.05, 0.1) is 25.4 Å². The molecule has 1 saturated heterocycles. The first-order chi connectivity index (χ1) is 8.31. The van der Waals surface area contributed by atoms with Crippen molar-refractivity contribution in [2.45, 2.75) is 38.8 Å². The molecule has 2 atom stereocenters. The van der Waals surface area contributed by atoms with Crippen LogP contribution in [-0.4, -0.2) is 63.5 Å². The summed E-state index contributed by atoms with van der Waals surface area (Å²) in [6.07, 6.45) is 2.62. The molecule has 0 aromatic carbocycles. The average molecular weight is 244 g/mol. The molecule has 1 fully saturated rings. The van der Waals surface area contributed by atoms with E-state index in [4.69, 9.17) is 9.47 Å². The molecule has 1 aliphatic rings. The maximum Gasteiger partial charge on any atom is 0.0877 e. The molecule has 0 spiro atoms. The molecular formula is C13H28N2O2. The van der Waals surface area contributed by atoms with Gasteiger partial charge in [0.15, 0.2) is 0 Å². The van der Waals surface area contributed by atoms with Gasteiger partial charge in [-0.2, -0.15) is 0 Å². The van der Waals surface area contributed by atoms with Crippen molar-refractivity contribution in [2.75, 3.05) is 46.5 Å². The van der Waals surface area contributed by atoms with E-state index in [1.807, 2.05) is 0 Å². The smallest absolute Gasteiger partial charge is 0.0877 e. The van der Waals surface area contributed by atoms with Gasteiger partial charge >= 0.3 is 0 Å². The van der Waals surface area contributed by atoms with E-state index in [-0.39, 0.29) is 6.10 Å². The van der Waals surface area contributed by atoms with Gasteiger partial charge < -0.3 is 14.8 Å². The van der Waals surface area contributed by atoms with Crippen LogP contribution in [0.2, 0.25) is 0 Å². The minimum Gasteiger partial charge on any atom is -0.383 e. The molecule has 0 aliphatic carbocycles. The number of rotatable bonds is 8. The molecule has 1 N–H and O–H groups in total. The Morgan fingerprint density at radius 2 is 2.24 bits per heavy atom. The van der Waals surface area contributed by atoms with Gasteiger partial charge in [0, 0.05) is 20.2 Å². The minimum atomic E-state index is 0.266. The summed E-state index contributed by atoms with van der Waals surface area (Å²) in [5, 5.41) is 3.53. The summed E-state index contributed by atoms with van der Waals surface area (Å²) in [6, 6.07) is 0.319. The van der Waals surface area contributed by atoms with Crippen molar-refractivity contribution in [1.82, 2.24) is 10.2 Å². The summed E-state index contributed by atoms with van der Waals surface area (Å²) in [5.74, 6) is 0. The number of ether oxygens (including phenoxy) is 2. The molecule has 0 amide bonds. The van der Waals surface area contributed by atoms with Gasteiger partial charge in [-0.15, -0.1) is 0 Å². The van der Waals surface area contributed by atoms with E-state index in [0.29, 0.717) is 6.04 Å². The summed E-state index contributed by atoms with van der Waals surface area (Å²) in [4.78, 5) is 2.49. The first-order valence-electron chi connectivity index (χ1n) is 6.88. The Kier molecular flexibility index (Phi) is 7.77. The molecule has 0 aromatic heterocycles. The van der Waals surface area contributed by atoms with Crippen molar-refractivity contribution in [3.8, 4) is 0 Å². The summed E-state index contributed by atoms with van der Waals surface area (Å²) in [7, 11) is 1.76. The highest BCUT2D eigenvalue weighted by molar-refractivity contribution is 4.82. The fourth-order valence-corrected chi connectivity index (χ4v) is 2.30. The predicted molar refractivity (Wildman–Crippen MR) is 70.4 cm³/mol. The van der Waals surface area contributed by atoms with Crippen LogP contribution in [0.15, 0.2) is 0 Å². The van der Waals surface area contributed by atoms with Crippen LogP contribution in [0.3, 0.4) is 0 Å². The molecule has 0 aromatic rings. The molecule has 1 rings (SSSR count). The van der Waals surface area contributed by atoms with Crippen molar-refractivity contribution in [1.29, 1.82) is 0 Å². The second-order valence-corrected chi connectivity index (χ2v) is 4.73. The van der Waals surface area contributed by atoms with Crippen molar-refractivity contribution in [2.24, 2.45) is 0 Å². The number of hydrogen-bond donors (Lipinski definition) is 1. The van der Waals surface area contributed by atoms with Crippen molar-refractivity contribution in [3.05, 3.63) is 0 Å². The van der Waals surface area contributed by atoms with Gasteiger partial charge in [0.2, 0.25) is 0 Å². The van der Waals surface area contributed by atoms with E-state index in [1.54, 1.807) is 7.11 Å². The van der Waals surface area contributed by atoms with E-state index in [9.17, 15) is 0 Å². The number of hydrogen-bond acceptors (Lipinski definition) is 4. The maximum absolute atomic E-state index is 5.88. The molecule has 0 bridgehead atoms. The highest BCUT2D eigenvalue weighted by atomic mass is 16.5. The maximum atomic E-state index is 5.88. The van der Waals surface area contributed by atoms with E-state index in [2.05, 4.69) is 24.1 Å². The Hall–Kier alpha value is -0.160. The molecule has 102 valence electrons. The zero-order valence-corrected chi connectivity index (χ0v) is 11.6. The number of methoxy groups -OCH3 is 1. The Balaban J connectivity index is 2.41. The summed E-state index contributed by atoms with van der Waals surface area (Å²) in [6.45, 7) is 10.3. The lowest BCUT2D eigenvalue weighted by Gasteiger charge is -2.37. The lowest BCUT2D eigenvalue weighted by Crippen LogP contribution is -2.54. The molecule has 0 radical (unpaired) electrons. The third-order valence-electron chi connectivity index (χ3n) is 3.17.